The van der Waals surface area contributed by atoms with Gasteiger partial charge in [-0.15, -0.1) is 11.3 Å². The first-order chi connectivity index (χ1) is 17.6. The highest BCUT2D eigenvalue weighted by molar-refractivity contribution is 7.18. The standard InChI is InChI=1S/C29H41N3O3S/c1-22-30-27-19-25(11-12-29(27)36-22)35-21-24(33)20-32-16-14-31(15-17-32)13-4-5-18-34-28-10-6-8-23-7-2-3-9-26(23)28/h8,11-12,19,24,33H,2-7,9-10,13-18,20-21H2,1H3/t24-/m1/s1. The molecule has 36 heavy (non-hydrogen) atoms. The Labute approximate surface area is 219 Å². The van der Waals surface area contributed by atoms with Gasteiger partial charge < -0.3 is 19.5 Å². The number of β-amino-alcohol motifs (C(OH)–C–C–N with tert-alkyl or cyclic N) is 1. The van der Waals surface area contributed by atoms with Crippen molar-refractivity contribution in [2.75, 3.05) is 52.5 Å². The van der Waals surface area contributed by atoms with Crippen LogP contribution in [0, 0.1) is 6.92 Å². The molecule has 3 aliphatic rings. The maximum Gasteiger partial charge on any atom is 0.121 e. The van der Waals surface area contributed by atoms with Gasteiger partial charge in [0.15, 0.2) is 0 Å². The van der Waals surface area contributed by atoms with Gasteiger partial charge in [0.1, 0.15) is 18.5 Å². The minimum absolute atomic E-state index is 0.310. The van der Waals surface area contributed by atoms with Crippen molar-refractivity contribution in [3.63, 3.8) is 0 Å². The first kappa shape index (κ1) is 25.7. The molecule has 1 saturated heterocycles. The Bertz CT molecular complexity index is 1070. The minimum Gasteiger partial charge on any atom is -0.498 e. The van der Waals surface area contributed by atoms with Crippen LogP contribution in [-0.4, -0.2) is 78.5 Å². The predicted molar refractivity (Wildman–Crippen MR) is 147 cm³/mol. The molecule has 0 bridgehead atoms. The van der Waals surface area contributed by atoms with Crippen LogP contribution in [0.4, 0.5) is 0 Å². The van der Waals surface area contributed by atoms with Crippen molar-refractivity contribution in [3.8, 4) is 5.75 Å². The second-order valence-electron chi connectivity index (χ2n) is 10.4. The van der Waals surface area contributed by atoms with Crippen LogP contribution in [0.3, 0.4) is 0 Å². The number of aromatic nitrogens is 1. The van der Waals surface area contributed by atoms with Crippen LogP contribution in [0.1, 0.15) is 56.4 Å². The molecule has 5 rings (SSSR count). The highest BCUT2D eigenvalue weighted by Crippen LogP contribution is 2.36. The van der Waals surface area contributed by atoms with Crippen molar-refractivity contribution < 1.29 is 14.6 Å². The monoisotopic (exact) mass is 511 g/mol. The van der Waals surface area contributed by atoms with Gasteiger partial charge in [0.25, 0.3) is 0 Å². The Balaban J connectivity index is 0.945. The summed E-state index contributed by atoms with van der Waals surface area (Å²) in [6.45, 7) is 9.12. The zero-order valence-corrected chi connectivity index (χ0v) is 22.5. The fraction of sp³-hybridized carbons (Fsp3) is 0.621. The third kappa shape index (κ3) is 6.88. The summed E-state index contributed by atoms with van der Waals surface area (Å²) in [6.07, 6.45) is 11.6. The molecule has 0 spiro atoms. The van der Waals surface area contributed by atoms with E-state index < -0.39 is 6.10 Å². The van der Waals surface area contributed by atoms with Crippen molar-refractivity contribution in [3.05, 3.63) is 46.2 Å². The molecule has 1 saturated carbocycles. The van der Waals surface area contributed by atoms with Gasteiger partial charge in [0, 0.05) is 45.2 Å². The Kier molecular flexibility index (Phi) is 8.96. The fourth-order valence-corrected chi connectivity index (χ4v) is 6.45. The molecule has 2 heterocycles. The summed E-state index contributed by atoms with van der Waals surface area (Å²) in [7, 11) is 0. The van der Waals surface area contributed by atoms with Crippen LogP contribution < -0.4 is 4.74 Å². The van der Waals surface area contributed by atoms with Gasteiger partial charge in [0.05, 0.1) is 27.6 Å². The molecule has 2 aromatic rings. The number of rotatable bonds is 11. The van der Waals surface area contributed by atoms with Gasteiger partial charge in [-0.2, -0.15) is 0 Å². The molecule has 0 radical (unpaired) electrons. The minimum atomic E-state index is -0.490. The molecule has 7 heteroatoms. The Morgan fingerprint density at radius 3 is 2.75 bits per heavy atom. The average Bonchev–Trinajstić information content (AvgIpc) is 3.27. The Morgan fingerprint density at radius 2 is 1.86 bits per heavy atom. The smallest absolute Gasteiger partial charge is 0.121 e. The second kappa shape index (κ2) is 12.5. The van der Waals surface area contributed by atoms with E-state index in [4.69, 9.17) is 9.47 Å². The highest BCUT2D eigenvalue weighted by Gasteiger charge is 2.21. The van der Waals surface area contributed by atoms with Gasteiger partial charge in [-0.25, -0.2) is 4.98 Å². The zero-order valence-electron chi connectivity index (χ0n) is 21.7. The Morgan fingerprint density at radius 1 is 1.03 bits per heavy atom. The normalized spacial score (nSPS) is 20.3. The zero-order chi connectivity index (χ0) is 24.7. The lowest BCUT2D eigenvalue weighted by Gasteiger charge is -2.35. The number of nitrogens with zero attached hydrogens (tertiary/aromatic N) is 3. The SMILES string of the molecule is Cc1nc2cc(OC[C@H](O)CN3CCN(CCCCOC4=C5CCCCC5=CCC4)CC3)ccc2s1. The molecule has 2 aliphatic carbocycles. The van der Waals surface area contributed by atoms with Crippen LogP contribution in [0.5, 0.6) is 5.75 Å². The predicted octanol–water partition coefficient (Wildman–Crippen LogP) is 5.31. The maximum atomic E-state index is 10.5. The number of ether oxygens (including phenoxy) is 2. The van der Waals surface area contributed by atoms with Gasteiger partial charge >= 0.3 is 0 Å². The number of thiazole rings is 1. The summed E-state index contributed by atoms with van der Waals surface area (Å²) in [5.41, 5.74) is 4.07. The van der Waals surface area contributed by atoms with Gasteiger partial charge in [-0.3, -0.25) is 4.90 Å². The third-order valence-electron chi connectivity index (χ3n) is 7.60. The van der Waals surface area contributed by atoms with E-state index in [1.165, 1.54) is 48.1 Å². The molecule has 0 unspecified atom stereocenters. The highest BCUT2D eigenvalue weighted by atomic mass is 32.1. The van der Waals surface area contributed by atoms with Crippen LogP contribution in [0.2, 0.25) is 0 Å². The van der Waals surface area contributed by atoms with E-state index in [-0.39, 0.29) is 0 Å². The molecule has 1 aromatic heterocycles. The average molecular weight is 512 g/mol. The summed E-state index contributed by atoms with van der Waals surface area (Å²) in [5.74, 6) is 2.07. The maximum absolute atomic E-state index is 10.5. The van der Waals surface area contributed by atoms with E-state index in [1.54, 1.807) is 16.9 Å². The van der Waals surface area contributed by atoms with Crippen molar-refractivity contribution in [1.29, 1.82) is 0 Å². The summed E-state index contributed by atoms with van der Waals surface area (Å²) in [5, 5.41) is 11.6. The van der Waals surface area contributed by atoms with Crippen molar-refractivity contribution >= 4 is 21.6 Å². The van der Waals surface area contributed by atoms with Gasteiger partial charge in [-0.1, -0.05) is 6.08 Å². The number of fused-ring (bicyclic) bond motifs is 2. The Hall–Kier alpha value is -1.93. The first-order valence-electron chi connectivity index (χ1n) is 13.8. The number of benzene rings is 1. The van der Waals surface area contributed by atoms with E-state index in [0.29, 0.717) is 13.2 Å². The van der Waals surface area contributed by atoms with Crippen LogP contribution in [0.25, 0.3) is 10.2 Å². The van der Waals surface area contributed by atoms with Crippen LogP contribution in [0.15, 0.2) is 41.2 Å². The molecule has 2 fully saturated rings. The number of aryl methyl sites for hydroxylation is 1. The summed E-state index contributed by atoms with van der Waals surface area (Å²) in [6, 6.07) is 5.98. The van der Waals surface area contributed by atoms with E-state index in [1.807, 2.05) is 25.1 Å². The number of unbranched alkanes of at least 4 members (excludes halogenated alkanes) is 1. The molecule has 1 N–H and O–H groups in total. The van der Waals surface area contributed by atoms with Crippen molar-refractivity contribution in [2.45, 2.75) is 64.4 Å². The lowest BCUT2D eigenvalue weighted by atomic mass is 9.84. The number of aliphatic hydroxyl groups is 1. The van der Waals surface area contributed by atoms with Crippen LogP contribution >= 0.6 is 11.3 Å². The lowest BCUT2D eigenvalue weighted by molar-refractivity contribution is 0.0454. The van der Waals surface area contributed by atoms with E-state index in [0.717, 1.165) is 74.9 Å². The van der Waals surface area contributed by atoms with E-state index in [9.17, 15) is 5.11 Å². The largest absolute Gasteiger partial charge is 0.498 e. The fourth-order valence-electron chi connectivity index (χ4n) is 5.64. The van der Waals surface area contributed by atoms with Gasteiger partial charge in [0.2, 0.25) is 0 Å². The van der Waals surface area contributed by atoms with Crippen molar-refractivity contribution in [2.24, 2.45) is 0 Å². The molecular weight excluding hydrogens is 470 g/mol. The molecular formula is C29H41N3O3S. The molecule has 1 atom stereocenters. The second-order valence-corrected chi connectivity index (χ2v) is 11.6. The van der Waals surface area contributed by atoms with Crippen molar-refractivity contribution in [1.82, 2.24) is 14.8 Å². The molecule has 1 aliphatic heterocycles. The van der Waals surface area contributed by atoms with Gasteiger partial charge in [-0.05, 0) is 81.7 Å². The number of hydrogen-bond acceptors (Lipinski definition) is 7. The lowest BCUT2D eigenvalue weighted by Crippen LogP contribution is -2.49. The summed E-state index contributed by atoms with van der Waals surface area (Å²) in [4.78, 5) is 9.43. The first-order valence-corrected chi connectivity index (χ1v) is 14.6. The third-order valence-corrected chi connectivity index (χ3v) is 8.55. The number of piperazine rings is 1. The van der Waals surface area contributed by atoms with E-state index in [2.05, 4.69) is 20.9 Å². The number of aliphatic hydroxyl groups excluding tert-OH is 1. The van der Waals surface area contributed by atoms with Crippen LogP contribution in [-0.2, 0) is 4.74 Å². The molecule has 0 amide bonds. The molecule has 196 valence electrons. The topological polar surface area (TPSA) is 58.1 Å². The molecule has 1 aromatic carbocycles. The number of hydrogen-bond donors (Lipinski definition) is 1. The number of allylic oxidation sites excluding steroid dienone is 4. The summed E-state index contributed by atoms with van der Waals surface area (Å²) < 4.78 is 13.3. The molecule has 6 nitrogen and oxygen atoms in total. The quantitative estimate of drug-likeness (QED) is 0.413. The summed E-state index contributed by atoms with van der Waals surface area (Å²) >= 11 is 1.69. The van der Waals surface area contributed by atoms with E-state index >= 15 is 0 Å².